The molecule has 0 heterocycles. The number of sulfone groups is 1. The maximum atomic E-state index is 14.6. The lowest BCUT2D eigenvalue weighted by molar-refractivity contribution is 0.0723. The fraction of sp³-hybridized carbons (Fsp3) is 0.0263. The monoisotopic (exact) mass is 776 g/mol. The summed E-state index contributed by atoms with van der Waals surface area (Å²) in [5.74, 6) is -5.60. The van der Waals surface area contributed by atoms with Gasteiger partial charge < -0.3 is 13.7 Å². The second-order valence-corrected chi connectivity index (χ2v) is 15.1. The highest BCUT2D eigenvalue weighted by Gasteiger charge is 2.28. The van der Waals surface area contributed by atoms with E-state index in [1.165, 1.54) is 103 Å². The minimum Gasteiger partial charge on any atom is -0.457 e. The van der Waals surface area contributed by atoms with E-state index in [1.807, 2.05) is 0 Å². The fourth-order valence-corrected chi connectivity index (χ4v) is 7.70. The third-order valence-corrected chi connectivity index (χ3v) is 11.0. The Morgan fingerprint density at radius 1 is 0.604 bits per heavy atom. The molecule has 268 valence electrons. The highest BCUT2D eigenvalue weighted by Crippen LogP contribution is 2.33. The van der Waals surface area contributed by atoms with Gasteiger partial charge in [0, 0.05) is 15.8 Å². The van der Waals surface area contributed by atoms with Crippen LogP contribution in [-0.2, 0) is 24.1 Å². The molecule has 0 unspecified atom stereocenters. The Labute approximate surface area is 306 Å². The summed E-state index contributed by atoms with van der Waals surface area (Å²) in [6, 6.07) is 25.7. The van der Waals surface area contributed by atoms with Gasteiger partial charge in [-0.25, -0.2) is 26.8 Å². The first kappa shape index (κ1) is 36.8. The van der Waals surface area contributed by atoms with E-state index >= 15 is 0 Å². The Morgan fingerprint density at radius 2 is 1.13 bits per heavy atom. The van der Waals surface area contributed by atoms with E-state index in [0.29, 0.717) is 17.2 Å². The molecule has 0 N–H and O–H groups in total. The molecule has 0 aliphatic carbocycles. The normalized spacial score (nSPS) is 11.5. The van der Waals surface area contributed by atoms with Gasteiger partial charge in [-0.15, -0.1) is 0 Å². The second kappa shape index (κ2) is 14.6. The highest BCUT2D eigenvalue weighted by atomic mass is 35.5. The van der Waals surface area contributed by atoms with Crippen LogP contribution in [-0.4, -0.2) is 34.6 Å². The Hall–Kier alpha value is -5.96. The number of hydrogen-bond acceptors (Lipinski definition) is 10. The number of halogens is 3. The number of carbonyl (C=O) groups excluding carboxylic acids is 3. The molecule has 53 heavy (non-hydrogen) atoms. The van der Waals surface area contributed by atoms with Gasteiger partial charge in [0.25, 0.3) is 0 Å². The first-order valence-corrected chi connectivity index (χ1v) is 18.5. The van der Waals surface area contributed by atoms with Gasteiger partial charge in [0.1, 0.15) is 39.3 Å². The zero-order valence-corrected chi connectivity index (χ0v) is 29.5. The molecule has 0 aliphatic heterocycles. The lowest BCUT2D eigenvalue weighted by Gasteiger charge is -2.13. The van der Waals surface area contributed by atoms with Crippen LogP contribution in [0.3, 0.4) is 0 Å². The lowest BCUT2D eigenvalue weighted by Crippen LogP contribution is -2.17. The number of ether oxygens (including phenoxy) is 2. The summed E-state index contributed by atoms with van der Waals surface area (Å²) in [4.78, 5) is 37.5. The van der Waals surface area contributed by atoms with E-state index in [4.69, 9.17) is 25.3 Å². The SMILES string of the molecule is CC(=O)c1c(F)ccc(F)c1C(=O)Oc1cccc2c(S(=O)(=O)OC(=O)c3ccc(Oc4ccc(S(=O)(=O)c5ccc(Cl)cc5)cc4)cc3)cccc12. The lowest BCUT2D eigenvalue weighted by atomic mass is 10.0. The smallest absolute Gasteiger partial charge is 0.354 e. The average molecular weight is 777 g/mol. The average Bonchev–Trinajstić information content (AvgIpc) is 3.12. The molecular weight excluding hydrogens is 754 g/mol. The molecule has 0 bridgehead atoms. The third kappa shape index (κ3) is 7.65. The number of benzene rings is 6. The minimum atomic E-state index is -4.79. The molecule has 0 spiro atoms. The molecule has 0 saturated heterocycles. The van der Waals surface area contributed by atoms with E-state index in [-0.39, 0.29) is 43.4 Å². The van der Waals surface area contributed by atoms with Crippen LogP contribution < -0.4 is 9.47 Å². The summed E-state index contributed by atoms with van der Waals surface area (Å²) in [6.07, 6.45) is 0. The van der Waals surface area contributed by atoms with Crippen LogP contribution in [0.1, 0.15) is 38.0 Å². The molecule has 0 saturated carbocycles. The van der Waals surface area contributed by atoms with E-state index < -0.39 is 65.3 Å². The van der Waals surface area contributed by atoms with Crippen molar-refractivity contribution >= 4 is 60.1 Å². The summed E-state index contributed by atoms with van der Waals surface area (Å²) in [6.45, 7) is 0.954. The van der Waals surface area contributed by atoms with E-state index in [0.717, 1.165) is 13.0 Å². The molecule has 0 radical (unpaired) electrons. The van der Waals surface area contributed by atoms with Gasteiger partial charge in [0.15, 0.2) is 5.78 Å². The summed E-state index contributed by atoms with van der Waals surface area (Å²) in [7, 11) is -8.59. The van der Waals surface area contributed by atoms with Crippen LogP contribution in [0.5, 0.6) is 17.2 Å². The first-order valence-electron chi connectivity index (χ1n) is 15.3. The Bertz CT molecular complexity index is 2650. The summed E-state index contributed by atoms with van der Waals surface area (Å²) in [5.41, 5.74) is -1.89. The van der Waals surface area contributed by atoms with Crippen LogP contribution >= 0.6 is 11.6 Å². The van der Waals surface area contributed by atoms with Gasteiger partial charge in [-0.1, -0.05) is 35.9 Å². The van der Waals surface area contributed by atoms with Crippen molar-refractivity contribution in [2.45, 2.75) is 21.6 Å². The van der Waals surface area contributed by atoms with Crippen molar-refractivity contribution in [3.05, 3.63) is 155 Å². The number of rotatable bonds is 10. The zero-order chi connectivity index (χ0) is 38.1. The van der Waals surface area contributed by atoms with E-state index in [9.17, 15) is 40.0 Å². The van der Waals surface area contributed by atoms with Crippen LogP contribution in [0.25, 0.3) is 10.8 Å². The van der Waals surface area contributed by atoms with Crippen molar-refractivity contribution < 1.29 is 53.7 Å². The number of Topliss-reactive ketones (excluding diaryl/α,β-unsaturated/α-hetero) is 1. The molecule has 0 atom stereocenters. The van der Waals surface area contributed by atoms with Gasteiger partial charge in [0.05, 0.1) is 20.9 Å². The Balaban J connectivity index is 1.17. The van der Waals surface area contributed by atoms with Crippen molar-refractivity contribution in [2.75, 3.05) is 0 Å². The fourth-order valence-electron chi connectivity index (χ4n) is 5.23. The number of carbonyl (C=O) groups is 3. The summed E-state index contributed by atoms with van der Waals surface area (Å²) in [5, 5.41) is 0.398. The van der Waals surface area contributed by atoms with E-state index in [1.54, 1.807) is 0 Å². The predicted octanol–water partition coefficient (Wildman–Crippen LogP) is 8.36. The van der Waals surface area contributed by atoms with Gasteiger partial charge in [0.2, 0.25) is 9.84 Å². The van der Waals surface area contributed by atoms with Gasteiger partial charge >= 0.3 is 22.1 Å². The largest absolute Gasteiger partial charge is 0.457 e. The molecule has 6 aromatic rings. The molecule has 0 amide bonds. The molecule has 6 rings (SSSR count). The van der Waals surface area contributed by atoms with Crippen LogP contribution in [0.2, 0.25) is 5.02 Å². The maximum Gasteiger partial charge on any atom is 0.354 e. The highest BCUT2D eigenvalue weighted by molar-refractivity contribution is 7.91. The molecule has 0 fully saturated rings. The number of fused-ring (bicyclic) bond motifs is 1. The molecule has 0 aliphatic rings. The van der Waals surface area contributed by atoms with Crippen molar-refractivity contribution in [2.24, 2.45) is 0 Å². The van der Waals surface area contributed by atoms with Crippen molar-refractivity contribution in [1.82, 2.24) is 0 Å². The molecule has 10 nitrogen and oxygen atoms in total. The van der Waals surface area contributed by atoms with Crippen LogP contribution in [0.15, 0.2) is 136 Å². The predicted molar refractivity (Wildman–Crippen MR) is 188 cm³/mol. The number of esters is 1. The molecule has 6 aromatic carbocycles. The topological polar surface area (TPSA) is 147 Å². The van der Waals surface area contributed by atoms with Gasteiger partial charge in [-0.05, 0) is 104 Å². The van der Waals surface area contributed by atoms with Crippen LogP contribution in [0, 0.1) is 11.6 Å². The standard InChI is InChI=1S/C38H23ClF2O10S2/c1-22(42)35-31(40)20-21-32(41)36(35)38(44)50-33-6-2-5-30-29(33)4-3-7-34(30)53(47,48)51-37(43)23-8-12-25(13-9-23)49-26-14-18-28(19-15-26)52(45,46)27-16-10-24(39)11-17-27/h2-21H,1H3. The van der Waals surface area contributed by atoms with Crippen molar-refractivity contribution in [3.8, 4) is 17.2 Å². The molecule has 0 aromatic heterocycles. The maximum absolute atomic E-state index is 14.6. The Morgan fingerprint density at radius 3 is 1.74 bits per heavy atom. The minimum absolute atomic E-state index is 0.0254. The quantitative estimate of drug-likeness (QED) is 0.0575. The van der Waals surface area contributed by atoms with Gasteiger partial charge in [-0.2, -0.15) is 8.42 Å². The summed E-state index contributed by atoms with van der Waals surface area (Å²) >= 11 is 5.86. The van der Waals surface area contributed by atoms with Crippen molar-refractivity contribution in [3.63, 3.8) is 0 Å². The number of hydrogen-bond donors (Lipinski definition) is 0. The summed E-state index contributed by atoms with van der Waals surface area (Å²) < 4.78 is 97.4. The van der Waals surface area contributed by atoms with Crippen LogP contribution in [0.4, 0.5) is 8.78 Å². The van der Waals surface area contributed by atoms with Gasteiger partial charge in [-0.3, -0.25) is 4.79 Å². The second-order valence-electron chi connectivity index (χ2n) is 11.2. The van der Waals surface area contributed by atoms with Crippen molar-refractivity contribution in [1.29, 1.82) is 0 Å². The number of ketones is 1. The zero-order valence-electron chi connectivity index (χ0n) is 27.1. The third-order valence-electron chi connectivity index (χ3n) is 7.74. The molecular formula is C38H23ClF2O10S2. The van der Waals surface area contributed by atoms with E-state index in [2.05, 4.69) is 0 Å². The first-order chi connectivity index (χ1) is 25.2. The molecule has 15 heteroatoms. The Kier molecular flexibility index (Phi) is 10.1.